The largest absolute Gasteiger partial charge is 0.359 e. The van der Waals surface area contributed by atoms with Gasteiger partial charge in [-0.15, -0.1) is 0 Å². The molecule has 1 aromatic heterocycles. The molecule has 0 bridgehead atoms. The molecule has 0 atom stereocenters. The summed E-state index contributed by atoms with van der Waals surface area (Å²) in [6, 6.07) is 2.50. The highest BCUT2D eigenvalue weighted by atomic mass is 16.5. The van der Waals surface area contributed by atoms with Crippen LogP contribution in [0.2, 0.25) is 0 Å². The van der Waals surface area contributed by atoms with Crippen molar-refractivity contribution in [1.29, 1.82) is 0 Å². The summed E-state index contributed by atoms with van der Waals surface area (Å²) < 4.78 is 5.41. The van der Waals surface area contributed by atoms with E-state index in [-0.39, 0.29) is 0 Å². The molecule has 2 rings (SSSR count). The van der Waals surface area contributed by atoms with Gasteiger partial charge in [0.25, 0.3) is 0 Å². The molecule has 1 aliphatic carbocycles. The summed E-state index contributed by atoms with van der Waals surface area (Å²) in [5.74, 6) is 2.15. The van der Waals surface area contributed by atoms with Crippen molar-refractivity contribution in [3.8, 4) is 0 Å². The van der Waals surface area contributed by atoms with Crippen LogP contribution in [0.5, 0.6) is 0 Å². The van der Waals surface area contributed by atoms with Gasteiger partial charge in [0.2, 0.25) is 0 Å². The van der Waals surface area contributed by atoms with E-state index in [2.05, 4.69) is 52.8 Å². The molecular weight excluding hydrogens is 264 g/mol. The Hall–Kier alpha value is -1.78. The number of aromatic nitrogens is 1. The summed E-state index contributed by atoms with van der Waals surface area (Å²) in [4.78, 5) is 4.25. The number of guanidine groups is 1. The van der Waals surface area contributed by atoms with Crippen LogP contribution in [0.1, 0.15) is 56.9 Å². The van der Waals surface area contributed by atoms with Crippen molar-refractivity contribution >= 4 is 5.96 Å². The Labute approximate surface area is 126 Å². The minimum absolute atomic E-state index is 0.450. The van der Waals surface area contributed by atoms with Crippen molar-refractivity contribution in [2.24, 2.45) is 4.99 Å². The minimum atomic E-state index is 0.450. The fourth-order valence-corrected chi connectivity index (χ4v) is 2.61. The van der Waals surface area contributed by atoms with E-state index in [1.54, 1.807) is 7.05 Å². The van der Waals surface area contributed by atoms with E-state index in [0.29, 0.717) is 18.5 Å². The molecule has 5 nitrogen and oxygen atoms in total. The first kappa shape index (κ1) is 15.6. The average Bonchev–Trinajstić information content (AvgIpc) is 3.16. The third-order valence-corrected chi connectivity index (χ3v) is 3.98. The second kappa shape index (κ2) is 7.86. The Morgan fingerprint density at radius 2 is 2.10 bits per heavy atom. The van der Waals surface area contributed by atoms with Crippen LogP contribution in [-0.4, -0.2) is 24.2 Å². The summed E-state index contributed by atoms with van der Waals surface area (Å²) in [6.45, 7) is 4.97. The standard InChI is InChI=1S/C16H26N4O/c1-4-12(5-2)15-10-14(21-20-15)11-18-16(17-3)19-13-8-6-7-9-13/h6-7,10,12-13H,4-5,8-9,11H2,1-3H3,(H2,17,18,19). The summed E-state index contributed by atoms with van der Waals surface area (Å²) >= 11 is 0. The highest BCUT2D eigenvalue weighted by Crippen LogP contribution is 2.22. The fourth-order valence-electron chi connectivity index (χ4n) is 2.61. The van der Waals surface area contributed by atoms with Gasteiger partial charge < -0.3 is 15.2 Å². The van der Waals surface area contributed by atoms with E-state index in [4.69, 9.17) is 4.52 Å². The number of aliphatic imine (C=N–C) groups is 1. The van der Waals surface area contributed by atoms with Crippen molar-refractivity contribution in [3.05, 3.63) is 29.7 Å². The monoisotopic (exact) mass is 290 g/mol. The van der Waals surface area contributed by atoms with Crippen LogP contribution < -0.4 is 10.6 Å². The molecular formula is C16H26N4O. The highest BCUT2D eigenvalue weighted by molar-refractivity contribution is 5.79. The SMILES string of the molecule is CCC(CC)c1cc(CNC(=NC)NC2CC=CC2)on1. The molecule has 0 saturated carbocycles. The van der Waals surface area contributed by atoms with Crippen molar-refractivity contribution in [1.82, 2.24) is 15.8 Å². The maximum absolute atomic E-state index is 5.41. The second-order valence-electron chi connectivity index (χ2n) is 5.44. The van der Waals surface area contributed by atoms with Crippen molar-refractivity contribution in [3.63, 3.8) is 0 Å². The highest BCUT2D eigenvalue weighted by Gasteiger charge is 2.14. The molecule has 21 heavy (non-hydrogen) atoms. The maximum atomic E-state index is 5.41. The summed E-state index contributed by atoms with van der Waals surface area (Å²) in [6.07, 6.45) is 8.69. The number of nitrogens with one attached hydrogen (secondary N) is 2. The van der Waals surface area contributed by atoms with Crippen LogP contribution in [-0.2, 0) is 6.54 Å². The molecule has 0 aromatic carbocycles. The average molecular weight is 290 g/mol. The first-order valence-corrected chi connectivity index (χ1v) is 7.84. The predicted octanol–water partition coefficient (Wildman–Crippen LogP) is 2.96. The Morgan fingerprint density at radius 3 is 2.71 bits per heavy atom. The van der Waals surface area contributed by atoms with E-state index >= 15 is 0 Å². The first-order valence-electron chi connectivity index (χ1n) is 7.84. The normalized spacial score (nSPS) is 15.9. The minimum Gasteiger partial charge on any atom is -0.359 e. The molecule has 0 saturated heterocycles. The summed E-state index contributed by atoms with van der Waals surface area (Å²) in [7, 11) is 1.79. The van der Waals surface area contributed by atoms with E-state index < -0.39 is 0 Å². The zero-order valence-corrected chi connectivity index (χ0v) is 13.2. The Balaban J connectivity index is 1.83. The van der Waals surface area contributed by atoms with Gasteiger partial charge >= 0.3 is 0 Å². The van der Waals surface area contributed by atoms with Crippen LogP contribution in [0, 0.1) is 0 Å². The van der Waals surface area contributed by atoms with Gasteiger partial charge in [-0.25, -0.2) is 0 Å². The molecule has 116 valence electrons. The van der Waals surface area contributed by atoms with Gasteiger partial charge in [-0.2, -0.15) is 0 Å². The molecule has 0 unspecified atom stereocenters. The van der Waals surface area contributed by atoms with Crippen LogP contribution in [0.3, 0.4) is 0 Å². The Morgan fingerprint density at radius 1 is 1.38 bits per heavy atom. The van der Waals surface area contributed by atoms with Gasteiger partial charge in [-0.1, -0.05) is 31.2 Å². The van der Waals surface area contributed by atoms with Crippen LogP contribution >= 0.6 is 0 Å². The van der Waals surface area contributed by atoms with Crippen molar-refractivity contribution in [2.75, 3.05) is 7.05 Å². The van der Waals surface area contributed by atoms with Gasteiger partial charge in [0, 0.05) is 25.1 Å². The van der Waals surface area contributed by atoms with E-state index in [1.807, 2.05) is 0 Å². The topological polar surface area (TPSA) is 62.5 Å². The molecule has 0 fully saturated rings. The first-order chi connectivity index (χ1) is 10.3. The number of hydrogen-bond acceptors (Lipinski definition) is 3. The van der Waals surface area contributed by atoms with Gasteiger partial charge in [0.1, 0.15) is 0 Å². The molecule has 0 spiro atoms. The second-order valence-corrected chi connectivity index (χ2v) is 5.44. The van der Waals surface area contributed by atoms with E-state index in [0.717, 1.165) is 43.1 Å². The van der Waals surface area contributed by atoms with Crippen LogP contribution in [0.25, 0.3) is 0 Å². The Kier molecular flexibility index (Phi) is 5.84. The van der Waals surface area contributed by atoms with Crippen LogP contribution in [0.15, 0.2) is 27.7 Å². The van der Waals surface area contributed by atoms with Crippen molar-refractivity contribution < 1.29 is 4.52 Å². The maximum Gasteiger partial charge on any atom is 0.191 e. The van der Waals surface area contributed by atoms with Gasteiger partial charge in [-0.3, -0.25) is 4.99 Å². The molecule has 0 amide bonds. The van der Waals surface area contributed by atoms with E-state index in [1.165, 1.54) is 0 Å². The van der Waals surface area contributed by atoms with Crippen LogP contribution in [0.4, 0.5) is 0 Å². The molecule has 0 radical (unpaired) electrons. The fraction of sp³-hybridized carbons (Fsp3) is 0.625. The van der Waals surface area contributed by atoms with E-state index in [9.17, 15) is 0 Å². The van der Waals surface area contributed by atoms with Gasteiger partial charge in [0.15, 0.2) is 11.7 Å². The molecule has 1 aromatic rings. The molecule has 1 heterocycles. The zero-order chi connectivity index (χ0) is 15.1. The lowest BCUT2D eigenvalue weighted by Crippen LogP contribution is -2.42. The lowest BCUT2D eigenvalue weighted by Gasteiger charge is -2.16. The Bertz CT molecular complexity index is 480. The number of hydrogen-bond donors (Lipinski definition) is 2. The number of nitrogens with zero attached hydrogens (tertiary/aromatic N) is 2. The predicted molar refractivity (Wildman–Crippen MR) is 85.3 cm³/mol. The van der Waals surface area contributed by atoms with Crippen molar-refractivity contribution in [2.45, 2.75) is 58.0 Å². The lowest BCUT2D eigenvalue weighted by atomic mass is 9.99. The van der Waals surface area contributed by atoms with Gasteiger partial charge in [0.05, 0.1) is 12.2 Å². The number of rotatable bonds is 6. The third kappa shape index (κ3) is 4.34. The molecule has 0 aliphatic heterocycles. The third-order valence-electron chi connectivity index (χ3n) is 3.98. The summed E-state index contributed by atoms with van der Waals surface area (Å²) in [5, 5.41) is 10.9. The zero-order valence-electron chi connectivity index (χ0n) is 13.2. The molecule has 5 heteroatoms. The molecule has 2 N–H and O–H groups in total. The smallest absolute Gasteiger partial charge is 0.191 e. The lowest BCUT2D eigenvalue weighted by molar-refractivity contribution is 0.368. The quantitative estimate of drug-likeness (QED) is 0.480. The summed E-state index contributed by atoms with van der Waals surface area (Å²) in [5.41, 5.74) is 1.06. The van der Waals surface area contributed by atoms with Gasteiger partial charge in [-0.05, 0) is 25.7 Å². The molecule has 1 aliphatic rings.